The molecule has 112 valence electrons. The Hall–Kier alpha value is -1.15. The zero-order valence-electron chi connectivity index (χ0n) is 12.8. The van der Waals surface area contributed by atoms with E-state index in [4.69, 9.17) is 4.74 Å². The third-order valence-corrected chi connectivity index (χ3v) is 3.37. The number of rotatable bonds is 10. The van der Waals surface area contributed by atoms with E-state index in [2.05, 4.69) is 13.5 Å². The molecule has 0 aromatic heterocycles. The van der Waals surface area contributed by atoms with Crippen molar-refractivity contribution in [2.24, 2.45) is 0 Å². The van der Waals surface area contributed by atoms with Crippen LogP contribution in [0.5, 0.6) is 0 Å². The van der Waals surface area contributed by atoms with Crippen LogP contribution in [0.25, 0.3) is 0 Å². The van der Waals surface area contributed by atoms with Gasteiger partial charge in [0.1, 0.15) is 6.17 Å². The molecule has 0 radical (unpaired) electrons. The summed E-state index contributed by atoms with van der Waals surface area (Å²) in [5, 5.41) is 0. The van der Waals surface area contributed by atoms with E-state index in [1.54, 1.807) is 0 Å². The second-order valence-corrected chi connectivity index (χ2v) is 5.34. The molecule has 20 heavy (non-hydrogen) atoms. The van der Waals surface area contributed by atoms with Crippen LogP contribution in [0, 0.1) is 0 Å². The van der Waals surface area contributed by atoms with Gasteiger partial charge in [0.2, 0.25) is 0 Å². The van der Waals surface area contributed by atoms with Gasteiger partial charge in [-0.25, -0.2) is 4.39 Å². The summed E-state index contributed by atoms with van der Waals surface area (Å²) in [5.74, 6) is 0. The van der Waals surface area contributed by atoms with E-state index >= 15 is 0 Å². The standard InChI is InChI=1S/C18H27FO/c1-4-9-15(3)13-18(17(19)10-5-2)20-14-16-11-7-6-8-12-16/h6-8,11-12,17-18H,3-5,9-10,13-14H2,1-2H3/t17?,18-/m0/s1. The van der Waals surface area contributed by atoms with Gasteiger partial charge in [-0.1, -0.05) is 69.2 Å². The van der Waals surface area contributed by atoms with Gasteiger partial charge in [-0.3, -0.25) is 0 Å². The minimum Gasteiger partial charge on any atom is -0.370 e. The maximum atomic E-state index is 14.2. The van der Waals surface area contributed by atoms with Crippen molar-refractivity contribution >= 4 is 0 Å². The summed E-state index contributed by atoms with van der Waals surface area (Å²) >= 11 is 0. The molecule has 0 amide bonds. The van der Waals surface area contributed by atoms with Gasteiger partial charge in [-0.2, -0.15) is 0 Å². The van der Waals surface area contributed by atoms with Gasteiger partial charge < -0.3 is 4.74 Å². The van der Waals surface area contributed by atoms with Crippen molar-refractivity contribution in [3.05, 3.63) is 48.0 Å². The molecule has 2 heteroatoms. The zero-order chi connectivity index (χ0) is 14.8. The van der Waals surface area contributed by atoms with Crippen LogP contribution < -0.4 is 0 Å². The predicted octanol–water partition coefficient (Wildman–Crippen LogP) is 5.46. The molecule has 0 N–H and O–H groups in total. The van der Waals surface area contributed by atoms with Crippen LogP contribution >= 0.6 is 0 Å². The van der Waals surface area contributed by atoms with Crippen LogP contribution in [-0.4, -0.2) is 12.3 Å². The molecule has 1 unspecified atom stereocenters. The lowest BCUT2D eigenvalue weighted by molar-refractivity contribution is -0.0151. The Labute approximate surface area is 122 Å². The number of halogens is 1. The molecule has 1 rings (SSSR count). The number of hydrogen-bond acceptors (Lipinski definition) is 1. The summed E-state index contributed by atoms with van der Waals surface area (Å²) in [4.78, 5) is 0. The minimum absolute atomic E-state index is 0.366. The maximum absolute atomic E-state index is 14.2. The van der Waals surface area contributed by atoms with Gasteiger partial charge in [0, 0.05) is 0 Å². The first-order valence-corrected chi connectivity index (χ1v) is 7.63. The van der Waals surface area contributed by atoms with Crippen molar-refractivity contribution in [2.45, 2.75) is 64.8 Å². The molecule has 0 saturated carbocycles. The highest BCUT2D eigenvalue weighted by atomic mass is 19.1. The lowest BCUT2D eigenvalue weighted by Crippen LogP contribution is -2.26. The molecule has 0 spiro atoms. The Kier molecular flexibility index (Phi) is 8.20. The summed E-state index contributed by atoms with van der Waals surface area (Å²) in [5.41, 5.74) is 2.17. The molecule has 0 heterocycles. The first-order chi connectivity index (χ1) is 9.67. The number of ether oxygens (including phenoxy) is 1. The summed E-state index contributed by atoms with van der Waals surface area (Å²) < 4.78 is 20.0. The number of benzene rings is 1. The average molecular weight is 278 g/mol. The Bertz CT molecular complexity index is 374. The monoisotopic (exact) mass is 278 g/mol. The van der Waals surface area contributed by atoms with Crippen LogP contribution in [0.3, 0.4) is 0 Å². The Morgan fingerprint density at radius 3 is 2.50 bits per heavy atom. The van der Waals surface area contributed by atoms with E-state index in [0.717, 1.165) is 30.4 Å². The van der Waals surface area contributed by atoms with Crippen molar-refractivity contribution < 1.29 is 9.13 Å². The molecule has 0 saturated heterocycles. The quantitative estimate of drug-likeness (QED) is 0.517. The zero-order valence-corrected chi connectivity index (χ0v) is 12.8. The van der Waals surface area contributed by atoms with Crippen LogP contribution in [-0.2, 0) is 11.3 Å². The van der Waals surface area contributed by atoms with Crippen LogP contribution in [0.1, 0.15) is 51.5 Å². The van der Waals surface area contributed by atoms with Gasteiger partial charge in [-0.05, 0) is 24.8 Å². The maximum Gasteiger partial charge on any atom is 0.126 e. The minimum atomic E-state index is -0.905. The molecular weight excluding hydrogens is 251 g/mol. The van der Waals surface area contributed by atoms with Crippen molar-refractivity contribution in [1.29, 1.82) is 0 Å². The third-order valence-electron chi connectivity index (χ3n) is 3.37. The third kappa shape index (κ3) is 6.33. The molecular formula is C18H27FO. The van der Waals surface area contributed by atoms with E-state index in [-0.39, 0.29) is 6.10 Å². The topological polar surface area (TPSA) is 9.23 Å². The first-order valence-electron chi connectivity index (χ1n) is 7.63. The summed E-state index contributed by atoms with van der Waals surface area (Å²) in [7, 11) is 0. The van der Waals surface area contributed by atoms with Crippen molar-refractivity contribution in [1.82, 2.24) is 0 Å². The Balaban J connectivity index is 2.55. The molecule has 0 aliphatic carbocycles. The van der Waals surface area contributed by atoms with Crippen molar-refractivity contribution in [2.75, 3.05) is 0 Å². The Morgan fingerprint density at radius 2 is 1.90 bits per heavy atom. The van der Waals surface area contributed by atoms with E-state index in [1.165, 1.54) is 0 Å². The molecule has 1 nitrogen and oxygen atoms in total. The van der Waals surface area contributed by atoms with Gasteiger partial charge in [0.25, 0.3) is 0 Å². The molecule has 0 bridgehead atoms. The fourth-order valence-corrected chi connectivity index (χ4v) is 2.27. The van der Waals surface area contributed by atoms with Crippen LogP contribution in [0.4, 0.5) is 4.39 Å². The fourth-order valence-electron chi connectivity index (χ4n) is 2.27. The summed E-state index contributed by atoms with van der Waals surface area (Å²) in [6.07, 6.45) is 2.75. The van der Waals surface area contributed by atoms with Gasteiger partial charge in [0.05, 0.1) is 12.7 Å². The predicted molar refractivity (Wildman–Crippen MR) is 83.5 cm³/mol. The van der Waals surface area contributed by atoms with Crippen molar-refractivity contribution in [3.63, 3.8) is 0 Å². The Morgan fingerprint density at radius 1 is 1.20 bits per heavy atom. The van der Waals surface area contributed by atoms with E-state index in [9.17, 15) is 4.39 Å². The molecule has 1 aromatic carbocycles. The molecule has 0 fully saturated rings. The van der Waals surface area contributed by atoms with Crippen LogP contribution in [0.2, 0.25) is 0 Å². The number of hydrogen-bond donors (Lipinski definition) is 0. The lowest BCUT2D eigenvalue weighted by Gasteiger charge is -2.22. The average Bonchev–Trinajstić information content (AvgIpc) is 2.45. The molecule has 1 aromatic rings. The second-order valence-electron chi connectivity index (χ2n) is 5.34. The van der Waals surface area contributed by atoms with Crippen LogP contribution in [0.15, 0.2) is 42.5 Å². The highest BCUT2D eigenvalue weighted by molar-refractivity contribution is 5.13. The SMILES string of the molecule is C=C(CCC)C[C@H](OCc1ccccc1)C(F)CCC. The largest absolute Gasteiger partial charge is 0.370 e. The highest BCUT2D eigenvalue weighted by Crippen LogP contribution is 2.21. The summed E-state index contributed by atoms with van der Waals surface area (Å²) in [6.45, 7) is 8.62. The first kappa shape index (κ1) is 16.9. The number of alkyl halides is 1. The second kappa shape index (κ2) is 9.71. The van der Waals surface area contributed by atoms with Gasteiger partial charge >= 0.3 is 0 Å². The van der Waals surface area contributed by atoms with E-state index < -0.39 is 6.17 Å². The van der Waals surface area contributed by atoms with E-state index in [1.807, 2.05) is 37.3 Å². The molecule has 2 atom stereocenters. The molecule has 0 aliphatic rings. The lowest BCUT2D eigenvalue weighted by atomic mass is 10.00. The van der Waals surface area contributed by atoms with E-state index in [0.29, 0.717) is 19.4 Å². The smallest absolute Gasteiger partial charge is 0.126 e. The fraction of sp³-hybridized carbons (Fsp3) is 0.556. The van der Waals surface area contributed by atoms with Gasteiger partial charge in [-0.15, -0.1) is 0 Å². The molecule has 0 aliphatic heterocycles. The van der Waals surface area contributed by atoms with Gasteiger partial charge in [0.15, 0.2) is 0 Å². The highest BCUT2D eigenvalue weighted by Gasteiger charge is 2.21. The normalized spacial score (nSPS) is 13.9. The summed E-state index contributed by atoms with van der Waals surface area (Å²) in [6, 6.07) is 9.93. The van der Waals surface area contributed by atoms with Crippen molar-refractivity contribution in [3.8, 4) is 0 Å².